The molecule has 0 rings (SSSR count). The molecular formula is C68H114NO8P. The number of hydrogen-bond acceptors (Lipinski definition) is 8. The largest absolute Gasteiger partial charge is 0.472 e. The van der Waals surface area contributed by atoms with E-state index in [4.69, 9.17) is 24.3 Å². The summed E-state index contributed by atoms with van der Waals surface area (Å²) >= 11 is 0. The molecule has 2 unspecified atom stereocenters. The Balaban J connectivity index is 4.07. The van der Waals surface area contributed by atoms with Crippen molar-refractivity contribution in [3.05, 3.63) is 134 Å². The minimum Gasteiger partial charge on any atom is -0.462 e. The number of esters is 2. The van der Waals surface area contributed by atoms with E-state index in [1.165, 1.54) is 109 Å². The standard InChI is InChI=1S/C68H114NO8P/c1-3-5-7-9-11-13-15-17-19-21-23-25-26-27-28-29-30-31-32-33-34-35-36-37-38-39-40-41-43-45-47-49-51-53-55-57-59-61-68(71)77-66(65-76-78(72,73)75-63-62-69)64-74-67(70)60-58-56-54-52-50-48-46-44-42-24-22-20-18-16-14-12-10-8-6-4-2/h5,7,11,13,17,19,23,25,27-28,30-31,33-34,36-37,39-40,43,45,49,51,66H,3-4,6,8-10,12,14-16,18,20-22,24,26,29,32,35,38,41-42,44,46-48,50,52-65,69H2,1-2H3,(H,72,73)/b7-5-,13-11-,19-17-,25-23-,28-27-,31-30-,34-33-,37-36-,40-39-,45-43-,51-49-. The number of ether oxygens (including phenoxy) is 2. The Labute approximate surface area is 478 Å². The lowest BCUT2D eigenvalue weighted by Crippen LogP contribution is -2.29. The summed E-state index contributed by atoms with van der Waals surface area (Å²) in [6.45, 7) is 3.60. The molecule has 0 amide bonds. The summed E-state index contributed by atoms with van der Waals surface area (Å²) < 4.78 is 33.0. The van der Waals surface area contributed by atoms with Gasteiger partial charge in [0, 0.05) is 19.4 Å². The van der Waals surface area contributed by atoms with Gasteiger partial charge in [-0.05, 0) is 96.3 Å². The molecule has 0 bridgehead atoms. The molecule has 0 aromatic carbocycles. The van der Waals surface area contributed by atoms with Gasteiger partial charge in [0.05, 0.1) is 13.2 Å². The van der Waals surface area contributed by atoms with Gasteiger partial charge >= 0.3 is 19.8 Å². The van der Waals surface area contributed by atoms with E-state index < -0.39 is 32.5 Å². The zero-order valence-electron chi connectivity index (χ0n) is 49.6. The fraction of sp³-hybridized carbons (Fsp3) is 0.647. The first-order chi connectivity index (χ1) is 38.3. The molecule has 2 atom stereocenters. The molecule has 0 radical (unpaired) electrons. The average molecular weight is 1100 g/mol. The molecular weight excluding hydrogens is 990 g/mol. The summed E-state index contributed by atoms with van der Waals surface area (Å²) in [6.07, 6.45) is 88.0. The van der Waals surface area contributed by atoms with Gasteiger partial charge < -0.3 is 20.1 Å². The van der Waals surface area contributed by atoms with Crippen LogP contribution >= 0.6 is 7.82 Å². The Morgan fingerprint density at radius 2 is 0.705 bits per heavy atom. The molecule has 0 aromatic heterocycles. The highest BCUT2D eigenvalue weighted by Crippen LogP contribution is 2.43. The van der Waals surface area contributed by atoms with Crippen LogP contribution in [0.2, 0.25) is 0 Å². The van der Waals surface area contributed by atoms with Gasteiger partial charge in [0.15, 0.2) is 6.10 Å². The van der Waals surface area contributed by atoms with Crippen LogP contribution in [-0.2, 0) is 32.7 Å². The molecule has 0 aliphatic rings. The topological polar surface area (TPSA) is 134 Å². The normalized spacial score (nSPS) is 13.9. The minimum atomic E-state index is -4.41. The molecule has 0 saturated carbocycles. The van der Waals surface area contributed by atoms with Crippen molar-refractivity contribution >= 4 is 19.8 Å². The molecule has 9 nitrogen and oxygen atoms in total. The van der Waals surface area contributed by atoms with Crippen LogP contribution in [0.15, 0.2) is 134 Å². The first-order valence-corrected chi connectivity index (χ1v) is 32.7. The van der Waals surface area contributed by atoms with E-state index in [0.717, 1.165) is 109 Å². The maximum atomic E-state index is 12.7. The summed E-state index contributed by atoms with van der Waals surface area (Å²) in [7, 11) is -4.41. The minimum absolute atomic E-state index is 0.0421. The van der Waals surface area contributed by atoms with Crippen molar-refractivity contribution in [1.29, 1.82) is 0 Å². The predicted molar refractivity (Wildman–Crippen MR) is 334 cm³/mol. The lowest BCUT2D eigenvalue weighted by molar-refractivity contribution is -0.161. The summed E-state index contributed by atoms with van der Waals surface area (Å²) in [4.78, 5) is 35.2. The molecule has 0 fully saturated rings. The number of nitrogens with two attached hydrogens (primary N) is 1. The number of phosphoric ester groups is 1. The highest BCUT2D eigenvalue weighted by molar-refractivity contribution is 7.47. The molecule has 10 heteroatoms. The van der Waals surface area contributed by atoms with Crippen LogP contribution in [-0.4, -0.2) is 49.3 Å². The van der Waals surface area contributed by atoms with Gasteiger partial charge in [-0.15, -0.1) is 0 Å². The third-order valence-electron chi connectivity index (χ3n) is 12.8. The lowest BCUT2D eigenvalue weighted by Gasteiger charge is -2.19. The van der Waals surface area contributed by atoms with E-state index in [1.54, 1.807) is 0 Å². The zero-order chi connectivity index (χ0) is 56.6. The second kappa shape index (κ2) is 62.3. The van der Waals surface area contributed by atoms with Crippen molar-refractivity contribution in [2.45, 2.75) is 258 Å². The third-order valence-corrected chi connectivity index (χ3v) is 13.8. The monoisotopic (exact) mass is 1100 g/mol. The Kier molecular flexibility index (Phi) is 59.3. The molecule has 0 heterocycles. The Hall–Kier alpha value is -3.85. The summed E-state index contributed by atoms with van der Waals surface area (Å²) in [6, 6.07) is 0. The van der Waals surface area contributed by atoms with Gasteiger partial charge in [0.2, 0.25) is 0 Å². The first kappa shape index (κ1) is 74.2. The maximum absolute atomic E-state index is 12.7. The molecule has 0 aliphatic carbocycles. The predicted octanol–water partition coefficient (Wildman–Crippen LogP) is 20.1. The molecule has 0 aliphatic heterocycles. The summed E-state index contributed by atoms with van der Waals surface area (Å²) in [5.41, 5.74) is 5.38. The van der Waals surface area contributed by atoms with Crippen LogP contribution in [0.25, 0.3) is 0 Å². The van der Waals surface area contributed by atoms with Gasteiger partial charge in [0.1, 0.15) is 6.61 Å². The van der Waals surface area contributed by atoms with Crippen molar-refractivity contribution < 1.29 is 37.6 Å². The first-order valence-electron chi connectivity index (χ1n) is 31.2. The van der Waals surface area contributed by atoms with E-state index in [9.17, 15) is 19.0 Å². The van der Waals surface area contributed by atoms with E-state index in [1.807, 2.05) is 0 Å². The Morgan fingerprint density at radius 3 is 1.05 bits per heavy atom. The fourth-order valence-electron chi connectivity index (χ4n) is 8.23. The number of allylic oxidation sites excluding steroid dienone is 22. The third kappa shape index (κ3) is 61.4. The van der Waals surface area contributed by atoms with E-state index in [-0.39, 0.29) is 32.6 Å². The number of phosphoric acid groups is 1. The SMILES string of the molecule is CC/C=C\C/C=C\C/C=C\C/C=C\C/C=C\C/C=C\C/C=C\C/C=C\C/C=C\C/C=C\C/C=C\CCCCCC(=O)OC(COC(=O)CCCCCCCCCCCCCCCCCCCCCC)COP(=O)(O)OCCN. The molecule has 78 heavy (non-hydrogen) atoms. The van der Waals surface area contributed by atoms with E-state index in [2.05, 4.69) is 148 Å². The number of carbonyl (C=O) groups is 2. The van der Waals surface area contributed by atoms with Crippen molar-refractivity contribution in [1.82, 2.24) is 0 Å². The number of hydrogen-bond donors (Lipinski definition) is 2. The van der Waals surface area contributed by atoms with Crippen molar-refractivity contribution in [3.8, 4) is 0 Å². The van der Waals surface area contributed by atoms with E-state index >= 15 is 0 Å². The van der Waals surface area contributed by atoms with Crippen LogP contribution in [0, 0.1) is 0 Å². The fourth-order valence-corrected chi connectivity index (χ4v) is 8.99. The van der Waals surface area contributed by atoms with Gasteiger partial charge in [-0.2, -0.15) is 0 Å². The van der Waals surface area contributed by atoms with Crippen molar-refractivity contribution in [3.63, 3.8) is 0 Å². The zero-order valence-corrected chi connectivity index (χ0v) is 50.5. The highest BCUT2D eigenvalue weighted by Gasteiger charge is 2.26. The molecule has 0 aromatic rings. The van der Waals surface area contributed by atoms with Gasteiger partial charge in [-0.1, -0.05) is 276 Å². The lowest BCUT2D eigenvalue weighted by atomic mass is 10.0. The summed E-state index contributed by atoms with van der Waals surface area (Å²) in [5, 5.41) is 0. The van der Waals surface area contributed by atoms with Crippen LogP contribution in [0.4, 0.5) is 0 Å². The highest BCUT2D eigenvalue weighted by atomic mass is 31.2. The Morgan fingerprint density at radius 1 is 0.397 bits per heavy atom. The van der Waals surface area contributed by atoms with Crippen LogP contribution < -0.4 is 5.73 Å². The molecule has 3 N–H and O–H groups in total. The second-order valence-corrected chi connectivity index (χ2v) is 21.7. The molecule has 0 spiro atoms. The second-order valence-electron chi connectivity index (χ2n) is 20.2. The molecule has 444 valence electrons. The van der Waals surface area contributed by atoms with Gasteiger partial charge in [-0.25, -0.2) is 4.57 Å². The van der Waals surface area contributed by atoms with Gasteiger partial charge in [-0.3, -0.25) is 18.6 Å². The Bertz CT molecular complexity index is 1740. The maximum Gasteiger partial charge on any atom is 0.472 e. The van der Waals surface area contributed by atoms with Crippen LogP contribution in [0.1, 0.15) is 251 Å². The summed E-state index contributed by atoms with van der Waals surface area (Å²) in [5.74, 6) is -0.867. The number of rotatable bonds is 57. The van der Waals surface area contributed by atoms with E-state index in [0.29, 0.717) is 6.42 Å². The van der Waals surface area contributed by atoms with Crippen LogP contribution in [0.5, 0.6) is 0 Å². The van der Waals surface area contributed by atoms with Crippen molar-refractivity contribution in [2.24, 2.45) is 5.73 Å². The van der Waals surface area contributed by atoms with Crippen LogP contribution in [0.3, 0.4) is 0 Å². The molecule has 0 saturated heterocycles. The van der Waals surface area contributed by atoms with Crippen molar-refractivity contribution in [2.75, 3.05) is 26.4 Å². The van der Waals surface area contributed by atoms with Gasteiger partial charge in [0.25, 0.3) is 0 Å². The average Bonchev–Trinajstić information content (AvgIpc) is 3.43. The smallest absolute Gasteiger partial charge is 0.462 e. The number of unbranched alkanes of at least 4 members (excludes halogenated alkanes) is 22. The number of carbonyl (C=O) groups excluding carboxylic acids is 2. The quantitative estimate of drug-likeness (QED) is 0.0264.